The number of para-hydroxylation sites is 1. The standard InChI is InChI=1S/C22H22N8O/c1-27-20-12-23-9-8-17(20)21(26-27)29-15-6-7-16(29)14-28(13-15)22(31)18-4-2-3-5-19(18)30-24-10-11-25-30/h2-5,8-12,15-16H,6-7,13-14H2,1H3. The Morgan fingerprint density at radius 3 is 2.52 bits per heavy atom. The number of rotatable bonds is 3. The second kappa shape index (κ2) is 6.90. The molecule has 0 aliphatic carbocycles. The number of pyridine rings is 1. The van der Waals surface area contributed by atoms with Crippen molar-refractivity contribution >= 4 is 22.6 Å². The molecule has 0 spiro atoms. The van der Waals surface area contributed by atoms with Crippen LogP contribution in [0.25, 0.3) is 16.6 Å². The van der Waals surface area contributed by atoms with Gasteiger partial charge in [-0.3, -0.25) is 14.5 Å². The fraction of sp³-hybridized carbons (Fsp3) is 0.318. The van der Waals surface area contributed by atoms with E-state index in [1.165, 1.54) is 4.80 Å². The number of hydrogen-bond donors (Lipinski definition) is 0. The molecule has 2 fully saturated rings. The van der Waals surface area contributed by atoms with Gasteiger partial charge in [0.25, 0.3) is 5.91 Å². The number of aryl methyl sites for hydroxylation is 1. The summed E-state index contributed by atoms with van der Waals surface area (Å²) in [5.41, 5.74) is 2.35. The molecule has 1 amide bonds. The van der Waals surface area contributed by atoms with Crippen molar-refractivity contribution in [1.29, 1.82) is 0 Å². The van der Waals surface area contributed by atoms with E-state index in [-0.39, 0.29) is 18.0 Å². The van der Waals surface area contributed by atoms with Crippen LogP contribution in [0.15, 0.2) is 55.1 Å². The molecule has 9 heteroatoms. The van der Waals surface area contributed by atoms with Crippen LogP contribution >= 0.6 is 0 Å². The van der Waals surface area contributed by atoms with Crippen LogP contribution in [0.2, 0.25) is 0 Å². The number of amides is 1. The molecule has 2 unspecified atom stereocenters. The van der Waals surface area contributed by atoms with Gasteiger partial charge in [-0.1, -0.05) is 12.1 Å². The van der Waals surface area contributed by atoms with Gasteiger partial charge in [0.15, 0.2) is 5.82 Å². The first-order valence-corrected chi connectivity index (χ1v) is 10.5. The van der Waals surface area contributed by atoms with Crippen molar-refractivity contribution < 1.29 is 4.79 Å². The lowest BCUT2D eigenvalue weighted by molar-refractivity contribution is 0.0717. The molecular weight excluding hydrogens is 392 g/mol. The maximum absolute atomic E-state index is 13.5. The number of anilines is 1. The zero-order valence-corrected chi connectivity index (χ0v) is 17.2. The topological polar surface area (TPSA) is 85.0 Å². The number of aromatic nitrogens is 6. The highest BCUT2D eigenvalue weighted by Gasteiger charge is 2.43. The molecule has 6 rings (SSSR count). The molecule has 4 aromatic rings. The van der Waals surface area contributed by atoms with Crippen LogP contribution in [0.4, 0.5) is 5.82 Å². The van der Waals surface area contributed by atoms with Gasteiger partial charge in [-0.25, -0.2) is 0 Å². The summed E-state index contributed by atoms with van der Waals surface area (Å²) >= 11 is 0. The second-order valence-corrected chi connectivity index (χ2v) is 8.18. The third-order valence-electron chi connectivity index (χ3n) is 6.42. The largest absolute Gasteiger partial charge is 0.345 e. The van der Waals surface area contributed by atoms with E-state index in [0.717, 1.165) is 29.6 Å². The lowest BCUT2D eigenvalue weighted by Gasteiger charge is -2.41. The molecule has 3 aromatic heterocycles. The maximum Gasteiger partial charge on any atom is 0.256 e. The molecule has 2 bridgehead atoms. The molecule has 5 heterocycles. The number of fused-ring (bicyclic) bond motifs is 3. The van der Waals surface area contributed by atoms with E-state index in [9.17, 15) is 4.79 Å². The number of piperazine rings is 1. The Kier molecular flexibility index (Phi) is 4.02. The van der Waals surface area contributed by atoms with Crippen molar-refractivity contribution in [1.82, 2.24) is 34.7 Å². The average Bonchev–Trinajstić information content (AvgIpc) is 3.51. The third-order valence-corrected chi connectivity index (χ3v) is 6.42. The van der Waals surface area contributed by atoms with Crippen molar-refractivity contribution in [3.05, 3.63) is 60.7 Å². The highest BCUT2D eigenvalue weighted by Crippen LogP contribution is 2.38. The van der Waals surface area contributed by atoms with E-state index < -0.39 is 0 Å². The Balaban J connectivity index is 1.31. The molecule has 2 atom stereocenters. The molecule has 9 nitrogen and oxygen atoms in total. The Morgan fingerprint density at radius 2 is 1.74 bits per heavy atom. The summed E-state index contributed by atoms with van der Waals surface area (Å²) in [6, 6.07) is 10.1. The van der Waals surface area contributed by atoms with Gasteiger partial charge in [-0.2, -0.15) is 20.1 Å². The number of carbonyl (C=O) groups excluding carboxylic acids is 1. The summed E-state index contributed by atoms with van der Waals surface area (Å²) in [6.45, 7) is 1.36. The van der Waals surface area contributed by atoms with Crippen molar-refractivity contribution in [2.45, 2.75) is 24.9 Å². The summed E-state index contributed by atoms with van der Waals surface area (Å²) in [4.78, 5) is 23.7. The number of hydrogen-bond acceptors (Lipinski definition) is 6. The summed E-state index contributed by atoms with van der Waals surface area (Å²) in [5, 5.41) is 14.3. The quantitative estimate of drug-likeness (QED) is 0.510. The molecule has 2 aliphatic rings. The van der Waals surface area contributed by atoms with E-state index in [4.69, 9.17) is 5.10 Å². The molecule has 0 radical (unpaired) electrons. The van der Waals surface area contributed by atoms with Gasteiger partial charge >= 0.3 is 0 Å². The van der Waals surface area contributed by atoms with Crippen LogP contribution in [0.5, 0.6) is 0 Å². The molecule has 0 saturated carbocycles. The van der Waals surface area contributed by atoms with E-state index in [1.54, 1.807) is 12.4 Å². The second-order valence-electron chi connectivity index (χ2n) is 8.18. The first-order chi connectivity index (χ1) is 15.2. The van der Waals surface area contributed by atoms with Crippen LogP contribution in [0, 0.1) is 0 Å². The maximum atomic E-state index is 13.5. The monoisotopic (exact) mass is 414 g/mol. The zero-order chi connectivity index (χ0) is 20.9. The van der Waals surface area contributed by atoms with Gasteiger partial charge in [0.1, 0.15) is 0 Å². The van der Waals surface area contributed by atoms with Crippen molar-refractivity contribution in [2.75, 3.05) is 18.0 Å². The molecule has 31 heavy (non-hydrogen) atoms. The summed E-state index contributed by atoms with van der Waals surface area (Å²) in [6.07, 6.45) is 9.02. The average molecular weight is 414 g/mol. The van der Waals surface area contributed by atoms with Gasteiger partial charge in [0.05, 0.1) is 35.4 Å². The number of carbonyl (C=O) groups is 1. The Hall–Kier alpha value is -3.75. The smallest absolute Gasteiger partial charge is 0.256 e. The lowest BCUT2D eigenvalue weighted by atomic mass is 10.1. The molecule has 156 valence electrons. The van der Waals surface area contributed by atoms with Crippen molar-refractivity contribution in [3.63, 3.8) is 0 Å². The van der Waals surface area contributed by atoms with Crippen LogP contribution in [-0.4, -0.2) is 65.7 Å². The first-order valence-electron chi connectivity index (χ1n) is 10.5. The Bertz CT molecular complexity index is 1250. The normalized spacial score (nSPS) is 20.5. The van der Waals surface area contributed by atoms with Gasteiger partial charge in [-0.15, -0.1) is 0 Å². The number of likely N-dealkylation sites (tertiary alicyclic amines) is 1. The molecule has 1 aromatic carbocycles. The van der Waals surface area contributed by atoms with Gasteiger partial charge in [0, 0.05) is 43.8 Å². The minimum absolute atomic E-state index is 0.0273. The summed E-state index contributed by atoms with van der Waals surface area (Å²) in [7, 11) is 1.95. The Labute approximate surface area is 178 Å². The Morgan fingerprint density at radius 1 is 1.00 bits per heavy atom. The number of nitrogens with zero attached hydrogens (tertiary/aromatic N) is 8. The predicted octanol–water partition coefficient (Wildman–Crippen LogP) is 2.04. The third kappa shape index (κ3) is 2.80. The van der Waals surface area contributed by atoms with Gasteiger partial charge in [-0.05, 0) is 31.0 Å². The van der Waals surface area contributed by atoms with Crippen molar-refractivity contribution in [2.24, 2.45) is 7.05 Å². The first kappa shape index (κ1) is 18.1. The summed E-state index contributed by atoms with van der Waals surface area (Å²) in [5.74, 6) is 1.03. The van der Waals surface area contributed by atoms with E-state index >= 15 is 0 Å². The van der Waals surface area contributed by atoms with E-state index in [0.29, 0.717) is 24.3 Å². The molecule has 0 N–H and O–H groups in total. The lowest BCUT2D eigenvalue weighted by Crippen LogP contribution is -2.55. The van der Waals surface area contributed by atoms with Crippen LogP contribution in [0.3, 0.4) is 0 Å². The highest BCUT2D eigenvalue weighted by molar-refractivity contribution is 5.98. The zero-order valence-electron chi connectivity index (χ0n) is 17.2. The SMILES string of the molecule is Cn1nc(N2C3CCC2CN(C(=O)c2ccccc2-n2nccn2)C3)c2ccncc21. The fourth-order valence-corrected chi connectivity index (χ4v) is 5.03. The molecule has 2 saturated heterocycles. The van der Waals surface area contributed by atoms with Gasteiger partial charge < -0.3 is 9.80 Å². The molecular formula is C22H22N8O. The van der Waals surface area contributed by atoms with E-state index in [2.05, 4.69) is 20.1 Å². The molecule has 2 aliphatic heterocycles. The van der Waals surface area contributed by atoms with Crippen LogP contribution in [0.1, 0.15) is 23.2 Å². The van der Waals surface area contributed by atoms with Crippen LogP contribution in [-0.2, 0) is 7.05 Å². The minimum Gasteiger partial charge on any atom is -0.345 e. The van der Waals surface area contributed by atoms with Crippen LogP contribution < -0.4 is 4.90 Å². The van der Waals surface area contributed by atoms with Gasteiger partial charge in [0.2, 0.25) is 0 Å². The van der Waals surface area contributed by atoms with E-state index in [1.807, 2.05) is 59.4 Å². The predicted molar refractivity (Wildman–Crippen MR) is 115 cm³/mol. The minimum atomic E-state index is 0.0273. The highest BCUT2D eigenvalue weighted by atomic mass is 16.2. The fourth-order valence-electron chi connectivity index (χ4n) is 5.03. The van der Waals surface area contributed by atoms with Crippen molar-refractivity contribution in [3.8, 4) is 5.69 Å². The summed E-state index contributed by atoms with van der Waals surface area (Å²) < 4.78 is 1.89. The number of benzene rings is 1.